The maximum atomic E-state index is 12.4. The Morgan fingerprint density at radius 2 is 2.16 bits per heavy atom. The average Bonchev–Trinajstić information content (AvgIpc) is 2.66. The third-order valence-corrected chi connectivity index (χ3v) is 3.91. The minimum absolute atomic E-state index is 0.0125. The van der Waals surface area contributed by atoms with Crippen LogP contribution in [0.2, 0.25) is 0 Å². The van der Waals surface area contributed by atoms with E-state index in [-0.39, 0.29) is 11.6 Å². The molecule has 0 radical (unpaired) electrons. The fourth-order valence-corrected chi connectivity index (χ4v) is 2.74. The highest BCUT2D eigenvalue weighted by atomic mass is 127. The molecule has 1 fully saturated rings. The van der Waals surface area contributed by atoms with Crippen LogP contribution in [0.25, 0.3) is 0 Å². The van der Waals surface area contributed by atoms with Crippen LogP contribution in [-0.4, -0.2) is 41.9 Å². The minimum atomic E-state index is -0.452. The van der Waals surface area contributed by atoms with Crippen molar-refractivity contribution >= 4 is 34.2 Å². The van der Waals surface area contributed by atoms with E-state index < -0.39 is 4.92 Å². The highest BCUT2D eigenvalue weighted by Crippen LogP contribution is 2.21. The van der Waals surface area contributed by atoms with E-state index in [1.54, 1.807) is 11.0 Å². The molecule has 7 heteroatoms. The first kappa shape index (κ1) is 14.2. The highest BCUT2D eigenvalue weighted by Gasteiger charge is 2.20. The monoisotopic (exact) mass is 375 g/mol. The Hall–Kier alpha value is -1.22. The highest BCUT2D eigenvalue weighted by molar-refractivity contribution is 14.1. The molecule has 1 aliphatic heterocycles. The summed E-state index contributed by atoms with van der Waals surface area (Å²) in [6, 6.07) is 4.36. The third kappa shape index (κ3) is 3.41. The number of carbonyl (C=O) groups excluding carboxylic acids is 1. The number of amides is 1. The molecular weight excluding hydrogens is 361 g/mol. The Kier molecular flexibility index (Phi) is 4.70. The number of nitrogens with one attached hydrogen (secondary N) is 1. The smallest absolute Gasteiger partial charge is 0.270 e. The molecule has 1 saturated heterocycles. The van der Waals surface area contributed by atoms with Gasteiger partial charge in [0.15, 0.2) is 0 Å². The van der Waals surface area contributed by atoms with Crippen molar-refractivity contribution in [3.05, 3.63) is 37.4 Å². The summed E-state index contributed by atoms with van der Waals surface area (Å²) in [5, 5.41) is 13.9. The summed E-state index contributed by atoms with van der Waals surface area (Å²) in [7, 11) is 0. The summed E-state index contributed by atoms with van der Waals surface area (Å²) in [6.45, 7) is 3.10. The second-order valence-corrected chi connectivity index (χ2v) is 5.48. The quantitative estimate of drug-likeness (QED) is 0.485. The van der Waals surface area contributed by atoms with Gasteiger partial charge < -0.3 is 10.2 Å². The second-order valence-electron chi connectivity index (χ2n) is 4.32. The van der Waals surface area contributed by atoms with Crippen molar-refractivity contribution in [2.75, 3.05) is 26.2 Å². The number of nitro benzene ring substituents is 1. The van der Waals surface area contributed by atoms with Gasteiger partial charge >= 0.3 is 0 Å². The van der Waals surface area contributed by atoms with Gasteiger partial charge in [-0.3, -0.25) is 14.9 Å². The van der Waals surface area contributed by atoms with Crippen LogP contribution in [0, 0.1) is 13.7 Å². The minimum Gasteiger partial charge on any atom is -0.337 e. The molecule has 0 unspecified atom stereocenters. The van der Waals surface area contributed by atoms with Crippen LogP contribution in [0.4, 0.5) is 5.69 Å². The van der Waals surface area contributed by atoms with E-state index in [9.17, 15) is 14.9 Å². The lowest BCUT2D eigenvalue weighted by Crippen LogP contribution is -2.34. The average molecular weight is 375 g/mol. The van der Waals surface area contributed by atoms with Crippen molar-refractivity contribution in [3.63, 3.8) is 0 Å². The molecule has 1 heterocycles. The predicted octanol–water partition coefficient (Wildman–Crippen LogP) is 1.63. The number of nitro groups is 1. The fraction of sp³-hybridized carbons (Fsp3) is 0.417. The number of benzene rings is 1. The molecule has 0 saturated carbocycles. The van der Waals surface area contributed by atoms with E-state index in [1.165, 1.54) is 12.1 Å². The van der Waals surface area contributed by atoms with Crippen molar-refractivity contribution in [2.24, 2.45) is 0 Å². The first-order chi connectivity index (χ1) is 9.09. The van der Waals surface area contributed by atoms with Crippen molar-refractivity contribution in [1.82, 2.24) is 10.2 Å². The normalized spacial score (nSPS) is 15.9. The Labute approximate surface area is 124 Å². The lowest BCUT2D eigenvalue weighted by atomic mass is 10.1. The summed E-state index contributed by atoms with van der Waals surface area (Å²) in [6.07, 6.45) is 0.926. The largest absolute Gasteiger partial charge is 0.337 e. The van der Waals surface area contributed by atoms with Gasteiger partial charge in [-0.25, -0.2) is 0 Å². The second kappa shape index (κ2) is 6.29. The first-order valence-corrected chi connectivity index (χ1v) is 7.11. The van der Waals surface area contributed by atoms with Crippen LogP contribution in [0.3, 0.4) is 0 Å². The number of non-ortho nitro benzene ring substituents is 1. The summed E-state index contributed by atoms with van der Waals surface area (Å²) in [5.74, 6) is -0.0528. The lowest BCUT2D eigenvalue weighted by Gasteiger charge is -2.20. The first-order valence-electron chi connectivity index (χ1n) is 6.03. The summed E-state index contributed by atoms with van der Waals surface area (Å²) >= 11 is 1.97. The Morgan fingerprint density at radius 1 is 1.37 bits per heavy atom. The Morgan fingerprint density at radius 3 is 2.84 bits per heavy atom. The zero-order chi connectivity index (χ0) is 13.8. The topological polar surface area (TPSA) is 75.5 Å². The van der Waals surface area contributed by atoms with Crippen molar-refractivity contribution < 1.29 is 9.72 Å². The van der Waals surface area contributed by atoms with Gasteiger partial charge in [0.25, 0.3) is 11.6 Å². The van der Waals surface area contributed by atoms with Gasteiger partial charge in [-0.1, -0.05) is 0 Å². The van der Waals surface area contributed by atoms with Crippen LogP contribution in [0.1, 0.15) is 16.8 Å². The van der Waals surface area contributed by atoms with Crippen LogP contribution in [-0.2, 0) is 0 Å². The number of hydrogen-bond donors (Lipinski definition) is 1. The zero-order valence-corrected chi connectivity index (χ0v) is 12.4. The summed E-state index contributed by atoms with van der Waals surface area (Å²) in [5.41, 5.74) is 0.548. The molecule has 19 heavy (non-hydrogen) atoms. The van der Waals surface area contributed by atoms with Gasteiger partial charge in [0.05, 0.1) is 10.5 Å². The molecule has 0 aliphatic carbocycles. The zero-order valence-electron chi connectivity index (χ0n) is 10.3. The molecule has 0 aromatic heterocycles. The molecule has 6 nitrogen and oxygen atoms in total. The van der Waals surface area contributed by atoms with Crippen LogP contribution in [0.5, 0.6) is 0 Å². The Balaban J connectivity index is 2.20. The lowest BCUT2D eigenvalue weighted by molar-refractivity contribution is -0.384. The van der Waals surface area contributed by atoms with E-state index in [2.05, 4.69) is 5.32 Å². The van der Waals surface area contributed by atoms with E-state index in [0.717, 1.165) is 26.1 Å². The molecule has 1 N–H and O–H groups in total. The molecular formula is C12H14IN3O3. The maximum absolute atomic E-state index is 12.4. The van der Waals surface area contributed by atoms with Gasteiger partial charge in [0.1, 0.15) is 0 Å². The molecule has 1 aliphatic rings. The maximum Gasteiger partial charge on any atom is 0.270 e. The number of nitrogens with zero attached hydrogens (tertiary/aromatic N) is 2. The van der Waals surface area contributed by atoms with Gasteiger partial charge in [-0.05, 0) is 41.6 Å². The van der Waals surface area contributed by atoms with Gasteiger partial charge in [0.2, 0.25) is 0 Å². The molecule has 1 aromatic carbocycles. The molecule has 0 spiro atoms. The Bertz CT molecular complexity index is 499. The van der Waals surface area contributed by atoms with Gasteiger partial charge in [0, 0.05) is 35.3 Å². The number of halogens is 1. The van der Waals surface area contributed by atoms with E-state index in [1.807, 2.05) is 22.6 Å². The van der Waals surface area contributed by atoms with Crippen molar-refractivity contribution in [1.29, 1.82) is 0 Å². The molecule has 0 atom stereocenters. The van der Waals surface area contributed by atoms with Crippen molar-refractivity contribution in [3.8, 4) is 0 Å². The molecule has 0 bridgehead atoms. The fourth-order valence-electron chi connectivity index (χ4n) is 2.01. The van der Waals surface area contributed by atoms with E-state index in [0.29, 0.717) is 15.7 Å². The summed E-state index contributed by atoms with van der Waals surface area (Å²) < 4.78 is 0.619. The van der Waals surface area contributed by atoms with Gasteiger partial charge in [-0.15, -0.1) is 0 Å². The molecule has 2 rings (SSSR count). The molecule has 102 valence electrons. The van der Waals surface area contributed by atoms with E-state index in [4.69, 9.17) is 0 Å². The van der Waals surface area contributed by atoms with Crippen LogP contribution < -0.4 is 5.32 Å². The number of carbonyl (C=O) groups is 1. The van der Waals surface area contributed by atoms with Crippen LogP contribution in [0.15, 0.2) is 18.2 Å². The predicted molar refractivity (Wildman–Crippen MR) is 79.2 cm³/mol. The number of rotatable bonds is 2. The molecule has 1 aromatic rings. The van der Waals surface area contributed by atoms with Crippen molar-refractivity contribution in [2.45, 2.75) is 6.42 Å². The van der Waals surface area contributed by atoms with E-state index >= 15 is 0 Å². The van der Waals surface area contributed by atoms with Crippen LogP contribution >= 0.6 is 22.6 Å². The summed E-state index contributed by atoms with van der Waals surface area (Å²) in [4.78, 5) is 24.4. The number of hydrogen-bond acceptors (Lipinski definition) is 4. The molecule has 1 amide bonds. The standard InChI is InChI=1S/C12H14IN3O3/c13-11-8-9(16(18)19)2-3-10(11)12(17)15-6-1-4-14-5-7-15/h2-3,8,14H,1,4-7H2. The third-order valence-electron chi connectivity index (χ3n) is 3.02. The van der Waals surface area contributed by atoms with Gasteiger partial charge in [-0.2, -0.15) is 0 Å². The SMILES string of the molecule is O=C(c1ccc([N+](=O)[O-])cc1I)N1CCCNCC1.